The molecule has 7 heteroatoms. The van der Waals surface area contributed by atoms with Crippen molar-refractivity contribution in [1.29, 1.82) is 0 Å². The maximum Gasteiger partial charge on any atom is 0.322 e. The molecule has 2 amide bonds. The minimum Gasteiger partial charge on any atom is -0.492 e. The van der Waals surface area contributed by atoms with Gasteiger partial charge >= 0.3 is 6.03 Å². The topological polar surface area (TPSA) is 72.3 Å². The number of hydrogen-bond donors (Lipinski definition) is 1. The number of nitrogens with one attached hydrogen (secondary N) is 1. The number of aromatic nitrogens is 3. The van der Waals surface area contributed by atoms with Gasteiger partial charge in [0.05, 0.1) is 24.0 Å². The highest BCUT2D eigenvalue weighted by molar-refractivity contribution is 5.91. The Morgan fingerprint density at radius 3 is 2.88 bits per heavy atom. The summed E-state index contributed by atoms with van der Waals surface area (Å²) in [6.45, 7) is 3.78. The van der Waals surface area contributed by atoms with Crippen molar-refractivity contribution in [3.8, 4) is 5.75 Å². The second-order valence-corrected chi connectivity index (χ2v) is 6.32. The van der Waals surface area contributed by atoms with Crippen molar-refractivity contribution in [1.82, 2.24) is 19.9 Å². The molecule has 0 radical (unpaired) electrons. The van der Waals surface area contributed by atoms with Gasteiger partial charge < -0.3 is 15.0 Å². The fourth-order valence-corrected chi connectivity index (χ4v) is 2.87. The molecule has 1 N–H and O–H groups in total. The van der Waals surface area contributed by atoms with Gasteiger partial charge in [-0.25, -0.2) is 9.48 Å². The zero-order chi connectivity index (χ0) is 16.5. The largest absolute Gasteiger partial charge is 0.492 e. The normalized spacial score (nSPS) is 17.5. The molecule has 1 saturated carbocycles. The molecular weight excluding hydrogens is 306 g/mol. The standard InChI is InChI=1S/C17H21N5O2/c1-2-24-16-6-4-3-5-14(16)18-17(23)21-9-13(10-21)22-11-15(19-20-22)12-7-8-12/h3-6,11-13H,2,7-10H2,1H3,(H,18,23). The van der Waals surface area contributed by atoms with Crippen LogP contribution in [0.2, 0.25) is 0 Å². The maximum absolute atomic E-state index is 12.4. The number of para-hydroxylation sites is 2. The number of carbonyl (C=O) groups excluding carboxylic acids is 1. The first kappa shape index (κ1) is 15.0. The van der Waals surface area contributed by atoms with Gasteiger partial charge in [0.2, 0.25) is 0 Å². The third-order valence-electron chi connectivity index (χ3n) is 4.48. The Labute approximate surface area is 140 Å². The molecule has 0 unspecified atom stereocenters. The second kappa shape index (κ2) is 6.14. The fourth-order valence-electron chi connectivity index (χ4n) is 2.87. The number of urea groups is 1. The van der Waals surface area contributed by atoms with Gasteiger partial charge in [0.25, 0.3) is 0 Å². The molecule has 1 saturated heterocycles. The van der Waals surface area contributed by atoms with E-state index < -0.39 is 0 Å². The number of amides is 2. The number of benzene rings is 1. The summed E-state index contributed by atoms with van der Waals surface area (Å²) in [5.74, 6) is 1.30. The number of anilines is 1. The first-order valence-corrected chi connectivity index (χ1v) is 8.44. The number of ether oxygens (including phenoxy) is 1. The number of hydrogen-bond acceptors (Lipinski definition) is 4. The highest BCUT2D eigenvalue weighted by Gasteiger charge is 2.34. The van der Waals surface area contributed by atoms with Crippen LogP contribution in [0.3, 0.4) is 0 Å². The number of nitrogens with zero attached hydrogens (tertiary/aromatic N) is 4. The van der Waals surface area contributed by atoms with E-state index in [0.29, 0.717) is 37.1 Å². The van der Waals surface area contributed by atoms with Crippen molar-refractivity contribution >= 4 is 11.7 Å². The Morgan fingerprint density at radius 1 is 1.33 bits per heavy atom. The lowest BCUT2D eigenvalue weighted by molar-refractivity contribution is 0.127. The molecular formula is C17H21N5O2. The summed E-state index contributed by atoms with van der Waals surface area (Å²) in [6.07, 6.45) is 4.47. The summed E-state index contributed by atoms with van der Waals surface area (Å²) in [5.41, 5.74) is 1.79. The van der Waals surface area contributed by atoms with Crippen LogP contribution in [0.1, 0.15) is 37.4 Å². The first-order valence-electron chi connectivity index (χ1n) is 8.44. The SMILES string of the molecule is CCOc1ccccc1NC(=O)N1CC(n2cc(C3CC3)nn2)C1. The Bertz CT molecular complexity index is 734. The van der Waals surface area contributed by atoms with Crippen LogP contribution >= 0.6 is 0 Å². The van der Waals surface area contributed by atoms with Crippen molar-refractivity contribution in [3.63, 3.8) is 0 Å². The van der Waals surface area contributed by atoms with Crippen molar-refractivity contribution in [2.45, 2.75) is 31.7 Å². The van der Waals surface area contributed by atoms with Gasteiger partial charge in [0.15, 0.2) is 0 Å². The van der Waals surface area contributed by atoms with E-state index in [0.717, 1.165) is 5.69 Å². The molecule has 0 atom stereocenters. The zero-order valence-electron chi connectivity index (χ0n) is 13.7. The molecule has 0 spiro atoms. The summed E-state index contributed by atoms with van der Waals surface area (Å²) >= 11 is 0. The number of carbonyl (C=O) groups is 1. The lowest BCUT2D eigenvalue weighted by atomic mass is 10.1. The second-order valence-electron chi connectivity index (χ2n) is 6.32. The van der Waals surface area contributed by atoms with E-state index in [9.17, 15) is 4.79 Å². The van der Waals surface area contributed by atoms with Crippen LogP contribution in [0.5, 0.6) is 5.75 Å². The summed E-state index contributed by atoms with van der Waals surface area (Å²) in [6, 6.07) is 7.58. The summed E-state index contributed by atoms with van der Waals surface area (Å²) in [5, 5.41) is 11.4. The van der Waals surface area contributed by atoms with Gasteiger partial charge in [0, 0.05) is 25.2 Å². The van der Waals surface area contributed by atoms with Crippen molar-refractivity contribution in [2.24, 2.45) is 0 Å². The molecule has 2 aliphatic rings. The average molecular weight is 327 g/mol. The van der Waals surface area contributed by atoms with E-state index in [1.807, 2.05) is 42.1 Å². The van der Waals surface area contributed by atoms with Gasteiger partial charge in [-0.1, -0.05) is 17.3 Å². The molecule has 1 aromatic heterocycles. The summed E-state index contributed by atoms with van der Waals surface area (Å²) < 4.78 is 7.43. The van der Waals surface area contributed by atoms with Crippen molar-refractivity contribution in [3.05, 3.63) is 36.2 Å². The highest BCUT2D eigenvalue weighted by Crippen LogP contribution is 2.39. The van der Waals surface area contributed by atoms with Gasteiger partial charge in [-0.3, -0.25) is 0 Å². The predicted molar refractivity (Wildman–Crippen MR) is 89.2 cm³/mol. The summed E-state index contributed by atoms with van der Waals surface area (Å²) in [4.78, 5) is 14.1. The lowest BCUT2D eigenvalue weighted by Crippen LogP contribution is -2.52. The molecule has 24 heavy (non-hydrogen) atoms. The minimum atomic E-state index is -0.110. The van der Waals surface area contributed by atoms with Crippen LogP contribution < -0.4 is 10.1 Å². The smallest absolute Gasteiger partial charge is 0.322 e. The fraction of sp³-hybridized carbons (Fsp3) is 0.471. The average Bonchev–Trinajstić information content (AvgIpc) is 3.27. The maximum atomic E-state index is 12.4. The monoisotopic (exact) mass is 327 g/mol. The van der Waals surface area contributed by atoms with E-state index in [1.54, 1.807) is 4.90 Å². The van der Waals surface area contributed by atoms with E-state index in [1.165, 1.54) is 12.8 Å². The molecule has 7 nitrogen and oxygen atoms in total. The van der Waals surface area contributed by atoms with Crippen LogP contribution in [-0.2, 0) is 0 Å². The Morgan fingerprint density at radius 2 is 2.12 bits per heavy atom. The van der Waals surface area contributed by atoms with Crippen molar-refractivity contribution < 1.29 is 9.53 Å². The number of likely N-dealkylation sites (tertiary alicyclic amines) is 1. The lowest BCUT2D eigenvalue weighted by Gasteiger charge is -2.38. The van der Waals surface area contributed by atoms with E-state index in [4.69, 9.17) is 4.74 Å². The van der Waals surface area contributed by atoms with E-state index >= 15 is 0 Å². The van der Waals surface area contributed by atoms with E-state index in [2.05, 4.69) is 15.6 Å². The Balaban J connectivity index is 1.34. The van der Waals surface area contributed by atoms with Crippen LogP contribution in [0.15, 0.2) is 30.5 Å². The molecule has 2 heterocycles. The Hall–Kier alpha value is -2.57. The van der Waals surface area contributed by atoms with Gasteiger partial charge in [-0.05, 0) is 31.9 Å². The molecule has 1 aliphatic heterocycles. The van der Waals surface area contributed by atoms with Crippen LogP contribution in [0.25, 0.3) is 0 Å². The quantitative estimate of drug-likeness (QED) is 0.916. The zero-order valence-corrected chi connectivity index (χ0v) is 13.7. The van der Waals surface area contributed by atoms with Gasteiger partial charge in [-0.15, -0.1) is 5.10 Å². The minimum absolute atomic E-state index is 0.110. The molecule has 126 valence electrons. The van der Waals surface area contributed by atoms with E-state index in [-0.39, 0.29) is 12.1 Å². The molecule has 2 fully saturated rings. The third kappa shape index (κ3) is 2.93. The number of rotatable bonds is 5. The molecule has 1 aliphatic carbocycles. The molecule has 2 aromatic rings. The molecule has 4 rings (SSSR count). The molecule has 0 bridgehead atoms. The summed E-state index contributed by atoms with van der Waals surface area (Å²) in [7, 11) is 0. The van der Waals surface area contributed by atoms with Crippen molar-refractivity contribution in [2.75, 3.05) is 25.0 Å². The van der Waals surface area contributed by atoms with Crippen LogP contribution in [0.4, 0.5) is 10.5 Å². The van der Waals surface area contributed by atoms with Gasteiger partial charge in [0.1, 0.15) is 5.75 Å². The Kier molecular flexibility index (Phi) is 3.84. The predicted octanol–water partition coefficient (Wildman–Crippen LogP) is 2.64. The van der Waals surface area contributed by atoms with Crippen LogP contribution in [0, 0.1) is 0 Å². The highest BCUT2D eigenvalue weighted by atomic mass is 16.5. The van der Waals surface area contributed by atoms with Crippen LogP contribution in [-0.4, -0.2) is 45.6 Å². The third-order valence-corrected chi connectivity index (χ3v) is 4.48. The molecule has 1 aromatic carbocycles. The van der Waals surface area contributed by atoms with Gasteiger partial charge in [-0.2, -0.15) is 0 Å². The first-order chi connectivity index (χ1) is 11.7.